The molecular weight excluding hydrogens is 357 g/mol. The fourth-order valence-electron chi connectivity index (χ4n) is 3.49. The lowest BCUT2D eigenvalue weighted by atomic mass is 10.1. The van der Waals surface area contributed by atoms with E-state index >= 15 is 0 Å². The molecule has 0 N–H and O–H groups in total. The minimum atomic E-state index is -0.349. The van der Waals surface area contributed by atoms with E-state index < -0.39 is 0 Å². The first-order chi connectivity index (χ1) is 13.5. The third kappa shape index (κ3) is 4.57. The number of carbonyl (C=O) groups excluding carboxylic acids is 2. The second-order valence-corrected chi connectivity index (χ2v) is 7.09. The van der Waals surface area contributed by atoms with E-state index in [1.54, 1.807) is 35.0 Å². The van der Waals surface area contributed by atoms with E-state index in [1.165, 1.54) is 6.07 Å². The number of benzene rings is 2. The average molecular weight is 383 g/mol. The van der Waals surface area contributed by atoms with E-state index in [-0.39, 0.29) is 30.1 Å². The zero-order valence-electron chi connectivity index (χ0n) is 16.3. The predicted octanol–water partition coefficient (Wildman–Crippen LogP) is 2.56. The number of halogens is 1. The van der Waals surface area contributed by atoms with Gasteiger partial charge in [0, 0.05) is 38.9 Å². The van der Waals surface area contributed by atoms with Gasteiger partial charge in [0.05, 0.1) is 12.5 Å². The maximum Gasteiger partial charge on any atom is 0.243 e. The Balaban J connectivity index is 1.53. The summed E-state index contributed by atoms with van der Waals surface area (Å²) in [4.78, 5) is 30.8. The highest BCUT2D eigenvalue weighted by atomic mass is 19.1. The first-order valence-corrected chi connectivity index (χ1v) is 9.55. The molecule has 0 aliphatic carbocycles. The summed E-state index contributed by atoms with van der Waals surface area (Å²) >= 11 is 0. The van der Waals surface area contributed by atoms with Gasteiger partial charge in [-0.05, 0) is 30.7 Å². The summed E-state index contributed by atoms with van der Waals surface area (Å²) in [5, 5.41) is 0. The standard InChI is InChI=1S/C22H26FN3O2/c1-17(22(28)24(2)19-9-4-3-5-10-19)25-12-14-26(15-13-25)21(27)16-18-8-6-7-11-20(18)23/h3-11,17H,12-16H2,1-2H3. The van der Waals surface area contributed by atoms with Crippen molar-refractivity contribution in [2.24, 2.45) is 0 Å². The van der Waals surface area contributed by atoms with Gasteiger partial charge >= 0.3 is 0 Å². The summed E-state index contributed by atoms with van der Waals surface area (Å²) in [7, 11) is 1.78. The Morgan fingerprint density at radius 1 is 1.00 bits per heavy atom. The fourth-order valence-corrected chi connectivity index (χ4v) is 3.49. The Morgan fingerprint density at radius 2 is 1.61 bits per heavy atom. The Hall–Kier alpha value is -2.73. The van der Waals surface area contributed by atoms with Crippen molar-refractivity contribution in [3.63, 3.8) is 0 Å². The van der Waals surface area contributed by atoms with E-state index in [4.69, 9.17) is 0 Å². The maximum atomic E-state index is 13.8. The number of para-hydroxylation sites is 1. The van der Waals surface area contributed by atoms with Crippen molar-refractivity contribution in [1.82, 2.24) is 9.80 Å². The quantitative estimate of drug-likeness (QED) is 0.797. The van der Waals surface area contributed by atoms with Crippen LogP contribution in [0.3, 0.4) is 0 Å². The van der Waals surface area contributed by atoms with Crippen LogP contribution >= 0.6 is 0 Å². The minimum absolute atomic E-state index is 0.0253. The van der Waals surface area contributed by atoms with Gasteiger partial charge < -0.3 is 9.80 Å². The number of rotatable bonds is 5. The molecule has 5 nitrogen and oxygen atoms in total. The number of hydrogen-bond donors (Lipinski definition) is 0. The SMILES string of the molecule is CC(C(=O)N(C)c1ccccc1)N1CCN(C(=O)Cc2ccccc2F)CC1. The molecule has 0 spiro atoms. The molecule has 148 valence electrons. The smallest absolute Gasteiger partial charge is 0.243 e. The van der Waals surface area contributed by atoms with Crippen molar-refractivity contribution in [3.8, 4) is 0 Å². The first-order valence-electron chi connectivity index (χ1n) is 9.55. The molecule has 2 amide bonds. The van der Waals surface area contributed by atoms with Gasteiger partial charge in [-0.2, -0.15) is 0 Å². The van der Waals surface area contributed by atoms with Crippen LogP contribution in [0, 0.1) is 5.82 Å². The summed E-state index contributed by atoms with van der Waals surface area (Å²) in [6, 6.07) is 15.6. The van der Waals surface area contributed by atoms with Gasteiger partial charge in [0.2, 0.25) is 11.8 Å². The van der Waals surface area contributed by atoms with Gasteiger partial charge in [-0.3, -0.25) is 14.5 Å². The molecule has 2 aromatic rings. The van der Waals surface area contributed by atoms with Crippen LogP contribution in [-0.2, 0) is 16.0 Å². The molecule has 6 heteroatoms. The summed E-state index contributed by atoms with van der Waals surface area (Å²) in [6.07, 6.45) is 0.0674. The first kappa shape index (κ1) is 20.0. The van der Waals surface area contributed by atoms with E-state index in [9.17, 15) is 14.0 Å². The van der Waals surface area contributed by atoms with Crippen LogP contribution in [0.2, 0.25) is 0 Å². The van der Waals surface area contributed by atoms with Crippen LogP contribution in [0.4, 0.5) is 10.1 Å². The normalized spacial score (nSPS) is 15.9. The minimum Gasteiger partial charge on any atom is -0.340 e. The number of amides is 2. The molecule has 1 fully saturated rings. The van der Waals surface area contributed by atoms with Crippen LogP contribution in [0.5, 0.6) is 0 Å². The molecular formula is C22H26FN3O2. The topological polar surface area (TPSA) is 43.9 Å². The van der Waals surface area contributed by atoms with Crippen LogP contribution in [0.25, 0.3) is 0 Å². The Labute approximate surface area is 165 Å². The van der Waals surface area contributed by atoms with Crippen LogP contribution in [0.15, 0.2) is 54.6 Å². The van der Waals surface area contributed by atoms with Gasteiger partial charge in [-0.1, -0.05) is 36.4 Å². The van der Waals surface area contributed by atoms with Gasteiger partial charge in [0.15, 0.2) is 0 Å². The van der Waals surface area contributed by atoms with Gasteiger partial charge in [0.25, 0.3) is 0 Å². The van der Waals surface area contributed by atoms with Crippen molar-refractivity contribution < 1.29 is 14.0 Å². The molecule has 1 heterocycles. The Bertz CT molecular complexity index is 820. The highest BCUT2D eigenvalue weighted by Crippen LogP contribution is 2.16. The van der Waals surface area contributed by atoms with Crippen molar-refractivity contribution >= 4 is 17.5 Å². The lowest BCUT2D eigenvalue weighted by Gasteiger charge is -2.38. The Kier molecular flexibility index (Phi) is 6.41. The number of anilines is 1. The molecule has 3 rings (SSSR count). The largest absolute Gasteiger partial charge is 0.340 e. The number of nitrogens with zero attached hydrogens (tertiary/aromatic N) is 3. The van der Waals surface area contributed by atoms with Gasteiger partial charge in [-0.25, -0.2) is 4.39 Å². The van der Waals surface area contributed by atoms with E-state index in [0.29, 0.717) is 31.7 Å². The predicted molar refractivity (Wildman–Crippen MR) is 108 cm³/mol. The Morgan fingerprint density at radius 3 is 2.25 bits per heavy atom. The number of hydrogen-bond acceptors (Lipinski definition) is 3. The van der Waals surface area contributed by atoms with Crippen molar-refractivity contribution in [2.45, 2.75) is 19.4 Å². The second kappa shape index (κ2) is 8.97. The molecule has 1 aliphatic heterocycles. The molecule has 1 saturated heterocycles. The van der Waals surface area contributed by atoms with Crippen LogP contribution in [-0.4, -0.2) is 60.9 Å². The van der Waals surface area contributed by atoms with Crippen LogP contribution < -0.4 is 4.90 Å². The summed E-state index contributed by atoms with van der Waals surface area (Å²) in [5.74, 6) is -0.403. The van der Waals surface area contributed by atoms with Crippen molar-refractivity contribution in [1.29, 1.82) is 0 Å². The second-order valence-electron chi connectivity index (χ2n) is 7.09. The maximum absolute atomic E-state index is 13.8. The molecule has 1 atom stereocenters. The molecule has 0 saturated carbocycles. The highest BCUT2D eigenvalue weighted by Gasteiger charge is 2.29. The van der Waals surface area contributed by atoms with E-state index in [2.05, 4.69) is 4.90 Å². The monoisotopic (exact) mass is 383 g/mol. The van der Waals surface area contributed by atoms with E-state index in [0.717, 1.165) is 5.69 Å². The lowest BCUT2D eigenvalue weighted by Crippen LogP contribution is -2.55. The van der Waals surface area contributed by atoms with Crippen molar-refractivity contribution in [2.75, 3.05) is 38.1 Å². The number of carbonyl (C=O) groups is 2. The molecule has 2 aromatic carbocycles. The molecule has 0 radical (unpaired) electrons. The average Bonchev–Trinajstić information content (AvgIpc) is 2.74. The third-order valence-electron chi connectivity index (χ3n) is 5.35. The highest BCUT2D eigenvalue weighted by molar-refractivity contribution is 5.96. The van der Waals surface area contributed by atoms with Gasteiger partial charge in [0.1, 0.15) is 5.82 Å². The summed E-state index contributed by atoms with van der Waals surface area (Å²) < 4.78 is 13.8. The zero-order chi connectivity index (χ0) is 20.1. The molecule has 28 heavy (non-hydrogen) atoms. The van der Waals surface area contributed by atoms with Crippen LogP contribution in [0.1, 0.15) is 12.5 Å². The number of piperazine rings is 1. The molecule has 1 unspecified atom stereocenters. The molecule has 1 aliphatic rings. The molecule has 0 aromatic heterocycles. The zero-order valence-corrected chi connectivity index (χ0v) is 16.3. The third-order valence-corrected chi connectivity index (χ3v) is 5.35. The molecule has 0 bridgehead atoms. The fraction of sp³-hybridized carbons (Fsp3) is 0.364. The van der Waals surface area contributed by atoms with E-state index in [1.807, 2.05) is 37.3 Å². The summed E-state index contributed by atoms with van der Waals surface area (Å²) in [5.41, 5.74) is 1.28. The summed E-state index contributed by atoms with van der Waals surface area (Å²) in [6.45, 7) is 4.23. The van der Waals surface area contributed by atoms with Gasteiger partial charge in [-0.15, -0.1) is 0 Å². The lowest BCUT2D eigenvalue weighted by molar-refractivity contribution is -0.133. The van der Waals surface area contributed by atoms with Crippen molar-refractivity contribution in [3.05, 3.63) is 66.0 Å². The number of likely N-dealkylation sites (N-methyl/N-ethyl adjacent to an activating group) is 1.